The van der Waals surface area contributed by atoms with Gasteiger partial charge in [0.05, 0.1) is 0 Å². The molecule has 2 saturated heterocycles. The number of carboxylic acid groups (broad SMARTS) is 1. The molecule has 7 nitrogen and oxygen atoms in total. The fraction of sp³-hybridized carbons (Fsp3) is 0.636. The van der Waals surface area contributed by atoms with Gasteiger partial charge in [-0.1, -0.05) is 6.42 Å². The average Bonchev–Trinajstić information content (AvgIpc) is 2.97. The summed E-state index contributed by atoms with van der Waals surface area (Å²) in [5, 5.41) is 9.68. The summed E-state index contributed by atoms with van der Waals surface area (Å²) in [6.07, 6.45) is 5.78. The lowest BCUT2D eigenvalue weighted by molar-refractivity contribution is -0.137. The molecule has 164 valence electrons. The smallest absolute Gasteiger partial charge is 0.408 e. The molecule has 1 aromatic carbocycles. The minimum absolute atomic E-state index is 0.115. The van der Waals surface area contributed by atoms with Crippen LogP contribution in [0.1, 0.15) is 32.1 Å². The van der Waals surface area contributed by atoms with Crippen molar-refractivity contribution in [2.75, 3.05) is 39.0 Å². The molecular formula is C22H31N3O4S. The van der Waals surface area contributed by atoms with Crippen LogP contribution >= 0.6 is 11.8 Å². The van der Waals surface area contributed by atoms with Crippen LogP contribution in [0.4, 0.5) is 4.79 Å². The predicted molar refractivity (Wildman–Crippen MR) is 116 cm³/mol. The van der Waals surface area contributed by atoms with Crippen LogP contribution in [0, 0.1) is 0 Å². The third-order valence-electron chi connectivity index (χ3n) is 6.62. The second kappa shape index (κ2) is 9.47. The lowest BCUT2D eigenvalue weighted by Crippen LogP contribution is -2.53. The second-order valence-electron chi connectivity index (χ2n) is 8.34. The van der Waals surface area contributed by atoms with E-state index in [1.165, 1.54) is 24.2 Å². The zero-order valence-corrected chi connectivity index (χ0v) is 18.4. The number of carbonyl (C=O) groups excluding carboxylic acids is 1. The minimum Gasteiger partial charge on any atom is -0.488 e. The average molecular weight is 434 g/mol. The third-order valence-corrected chi connectivity index (χ3v) is 7.36. The van der Waals surface area contributed by atoms with Gasteiger partial charge in [-0.3, -0.25) is 14.6 Å². The molecule has 8 heteroatoms. The van der Waals surface area contributed by atoms with Crippen molar-refractivity contribution in [3.63, 3.8) is 0 Å². The summed E-state index contributed by atoms with van der Waals surface area (Å²) < 4.78 is 6.12. The summed E-state index contributed by atoms with van der Waals surface area (Å²) in [5.41, 5.74) is 0. The molecule has 1 aromatic rings. The molecule has 3 aliphatic rings. The van der Waals surface area contributed by atoms with Crippen molar-refractivity contribution in [2.45, 2.75) is 55.2 Å². The van der Waals surface area contributed by atoms with Gasteiger partial charge in [-0.15, -0.1) is 11.8 Å². The van der Waals surface area contributed by atoms with E-state index in [0.29, 0.717) is 37.8 Å². The summed E-state index contributed by atoms with van der Waals surface area (Å²) in [5.74, 6) is 0.561. The van der Waals surface area contributed by atoms with Gasteiger partial charge in [0.15, 0.2) is 6.04 Å². The number of rotatable bonds is 5. The van der Waals surface area contributed by atoms with Crippen molar-refractivity contribution in [2.24, 2.45) is 0 Å². The molecule has 3 fully saturated rings. The van der Waals surface area contributed by atoms with Gasteiger partial charge in [0.1, 0.15) is 11.9 Å². The Balaban J connectivity index is 1.45. The van der Waals surface area contributed by atoms with E-state index in [1.807, 2.05) is 35.4 Å². The van der Waals surface area contributed by atoms with E-state index in [1.54, 1.807) is 11.8 Å². The van der Waals surface area contributed by atoms with Crippen LogP contribution in [-0.4, -0.2) is 89.0 Å². The van der Waals surface area contributed by atoms with Crippen LogP contribution < -0.4 is 4.74 Å². The number of hydrogen-bond donors (Lipinski definition) is 1. The number of thioether (sulfide) groups is 1. The molecular weight excluding hydrogens is 402 g/mol. The van der Waals surface area contributed by atoms with E-state index < -0.39 is 18.2 Å². The molecule has 1 aliphatic carbocycles. The fourth-order valence-electron chi connectivity index (χ4n) is 4.69. The van der Waals surface area contributed by atoms with Crippen molar-refractivity contribution in [3.8, 4) is 5.75 Å². The number of carbonyl (C=O) groups is 2. The molecule has 1 N–H and O–H groups in total. The first-order chi connectivity index (χ1) is 14.6. The Labute approximate surface area is 182 Å². The molecule has 0 spiro atoms. The third kappa shape index (κ3) is 4.54. The summed E-state index contributed by atoms with van der Waals surface area (Å²) in [4.78, 5) is 32.0. The number of likely N-dealkylation sites (tertiary alicyclic amines) is 1. The molecule has 2 amide bonds. The molecule has 0 radical (unpaired) electrons. The van der Waals surface area contributed by atoms with E-state index in [-0.39, 0.29) is 5.91 Å². The van der Waals surface area contributed by atoms with Gasteiger partial charge in [-0.2, -0.15) is 0 Å². The summed E-state index contributed by atoms with van der Waals surface area (Å²) in [6.45, 7) is 3.55. The van der Waals surface area contributed by atoms with Crippen LogP contribution in [0.3, 0.4) is 0 Å². The molecule has 1 saturated carbocycles. The number of nitrogens with zero attached hydrogens (tertiary/aromatic N) is 3. The van der Waals surface area contributed by atoms with Crippen molar-refractivity contribution in [1.82, 2.24) is 14.7 Å². The van der Waals surface area contributed by atoms with E-state index in [2.05, 4.69) is 4.90 Å². The number of hydrogen-bond acceptors (Lipinski definition) is 5. The summed E-state index contributed by atoms with van der Waals surface area (Å²) >= 11 is 1.65. The maximum Gasteiger partial charge on any atom is 0.408 e. The molecule has 2 aliphatic heterocycles. The Bertz CT molecular complexity index is 755. The first-order valence-corrected chi connectivity index (χ1v) is 12.1. The number of amides is 2. The molecule has 0 unspecified atom stereocenters. The summed E-state index contributed by atoms with van der Waals surface area (Å²) in [7, 11) is 0. The van der Waals surface area contributed by atoms with Crippen LogP contribution in [0.5, 0.6) is 5.75 Å². The van der Waals surface area contributed by atoms with Gasteiger partial charge in [-0.25, -0.2) is 4.79 Å². The standard InChI is InChI=1S/C22H31N3O4S/c1-30-18-8-6-17(7-9-18)29-19-10-13-25(22(27)28)20(19)21(26)24-12-3-11-23(14-15-24)16-4-2-5-16/h6-9,16,19-20H,2-5,10-15H2,1H3,(H,27,28)/t19-,20+/m1/s1. The lowest BCUT2D eigenvalue weighted by Gasteiger charge is -2.37. The highest BCUT2D eigenvalue weighted by atomic mass is 32.2. The zero-order valence-electron chi connectivity index (χ0n) is 17.5. The fourth-order valence-corrected chi connectivity index (χ4v) is 5.09. The normalized spacial score (nSPS) is 25.6. The Hall–Kier alpha value is -1.93. The highest BCUT2D eigenvalue weighted by Crippen LogP contribution is 2.29. The SMILES string of the molecule is CSc1ccc(O[C@@H]2CCN(C(=O)O)[C@@H]2C(=O)N2CCCN(C3CCC3)CC2)cc1. The Kier molecular flexibility index (Phi) is 6.73. The monoisotopic (exact) mass is 433 g/mol. The zero-order chi connectivity index (χ0) is 21.1. The maximum atomic E-state index is 13.4. The van der Waals surface area contributed by atoms with Crippen LogP contribution in [0.15, 0.2) is 29.2 Å². The van der Waals surface area contributed by atoms with Gasteiger partial charge < -0.3 is 14.7 Å². The van der Waals surface area contributed by atoms with Gasteiger partial charge >= 0.3 is 6.09 Å². The van der Waals surface area contributed by atoms with Crippen LogP contribution in [-0.2, 0) is 4.79 Å². The number of benzene rings is 1. The molecule has 0 aromatic heterocycles. The molecule has 0 bridgehead atoms. The van der Waals surface area contributed by atoms with E-state index in [0.717, 1.165) is 24.4 Å². The van der Waals surface area contributed by atoms with Crippen LogP contribution in [0.2, 0.25) is 0 Å². The van der Waals surface area contributed by atoms with E-state index in [9.17, 15) is 14.7 Å². The highest BCUT2D eigenvalue weighted by molar-refractivity contribution is 7.98. The maximum absolute atomic E-state index is 13.4. The Morgan fingerprint density at radius 1 is 1.00 bits per heavy atom. The molecule has 4 rings (SSSR count). The van der Waals surface area contributed by atoms with Crippen LogP contribution in [0.25, 0.3) is 0 Å². The lowest BCUT2D eigenvalue weighted by atomic mass is 9.91. The van der Waals surface area contributed by atoms with Gasteiger partial charge in [0.2, 0.25) is 5.91 Å². The topological polar surface area (TPSA) is 73.3 Å². The first-order valence-electron chi connectivity index (χ1n) is 10.9. The Morgan fingerprint density at radius 2 is 1.77 bits per heavy atom. The van der Waals surface area contributed by atoms with E-state index in [4.69, 9.17) is 4.74 Å². The van der Waals surface area contributed by atoms with E-state index >= 15 is 0 Å². The van der Waals surface area contributed by atoms with Gasteiger partial charge in [-0.05, 0) is 49.8 Å². The molecule has 30 heavy (non-hydrogen) atoms. The second-order valence-corrected chi connectivity index (χ2v) is 9.22. The predicted octanol–water partition coefficient (Wildman–Crippen LogP) is 3.00. The van der Waals surface area contributed by atoms with Crippen molar-refractivity contribution in [1.29, 1.82) is 0 Å². The molecule has 2 atom stereocenters. The van der Waals surface area contributed by atoms with Crippen molar-refractivity contribution in [3.05, 3.63) is 24.3 Å². The highest BCUT2D eigenvalue weighted by Gasteiger charge is 2.45. The van der Waals surface area contributed by atoms with Gasteiger partial charge in [0, 0.05) is 50.1 Å². The van der Waals surface area contributed by atoms with Gasteiger partial charge in [0.25, 0.3) is 0 Å². The van der Waals surface area contributed by atoms with Crippen molar-refractivity contribution >= 4 is 23.8 Å². The molecule has 2 heterocycles. The number of ether oxygens (including phenoxy) is 1. The van der Waals surface area contributed by atoms with Crippen molar-refractivity contribution < 1.29 is 19.4 Å². The quantitative estimate of drug-likeness (QED) is 0.720. The first kappa shape index (κ1) is 21.3. The Morgan fingerprint density at radius 3 is 2.40 bits per heavy atom. The minimum atomic E-state index is -1.05. The largest absolute Gasteiger partial charge is 0.488 e. The summed E-state index contributed by atoms with van der Waals surface area (Å²) in [6, 6.07) is 7.62.